The number of nitrogens with one attached hydrogen (secondary N) is 1. The van der Waals surface area contributed by atoms with Crippen molar-refractivity contribution in [3.8, 4) is 0 Å². The second-order valence-electron chi connectivity index (χ2n) is 10.7. The van der Waals surface area contributed by atoms with Gasteiger partial charge in [0.05, 0.1) is 6.54 Å². The van der Waals surface area contributed by atoms with Crippen LogP contribution in [0.4, 0.5) is 0 Å². The predicted octanol–water partition coefficient (Wildman–Crippen LogP) is 7.40. The molecule has 0 radical (unpaired) electrons. The first kappa shape index (κ1) is 30.7. The van der Waals surface area contributed by atoms with E-state index in [9.17, 15) is 0 Å². The Kier molecular flexibility index (Phi) is 14.1. The van der Waals surface area contributed by atoms with Gasteiger partial charge in [0.1, 0.15) is 0 Å². The normalized spacial score (nSPS) is 13.9. The van der Waals surface area contributed by atoms with Gasteiger partial charge in [0, 0.05) is 31.9 Å². The molecule has 1 saturated carbocycles. The van der Waals surface area contributed by atoms with Crippen LogP contribution < -0.4 is 11.2 Å². The molecule has 1 aliphatic rings. The Morgan fingerprint density at radius 3 is 2.30 bits per heavy atom. The van der Waals surface area contributed by atoms with E-state index >= 15 is 0 Å². The maximum Gasteiger partial charge on any atom is 0.0591 e. The van der Waals surface area contributed by atoms with Gasteiger partial charge in [-0.3, -0.25) is 4.90 Å². The minimum atomic E-state index is 0.728. The molecule has 0 bridgehead atoms. The number of allylic oxidation sites excluding steroid dienone is 1. The largest absolute Gasteiger partial charge is 0.390 e. The average molecular weight is 505 g/mol. The van der Waals surface area contributed by atoms with Crippen molar-refractivity contribution in [3.05, 3.63) is 94.8 Å². The van der Waals surface area contributed by atoms with E-state index in [0.29, 0.717) is 0 Å². The Morgan fingerprint density at radius 1 is 1.00 bits per heavy atom. The Hall–Kier alpha value is -2.56. The summed E-state index contributed by atoms with van der Waals surface area (Å²) in [5.41, 5.74) is 7.57. The lowest BCUT2D eigenvalue weighted by molar-refractivity contribution is 0.272. The molecule has 4 heteroatoms. The lowest BCUT2D eigenvalue weighted by atomic mass is 10.1. The first-order chi connectivity index (χ1) is 17.8. The molecule has 1 fully saturated rings. The van der Waals surface area contributed by atoms with Crippen LogP contribution in [0.1, 0.15) is 80.2 Å². The van der Waals surface area contributed by atoms with Crippen molar-refractivity contribution in [2.45, 2.75) is 86.2 Å². The van der Waals surface area contributed by atoms with Crippen molar-refractivity contribution < 1.29 is 0 Å². The van der Waals surface area contributed by atoms with E-state index < -0.39 is 0 Å². The molecule has 0 amide bonds. The first-order valence-electron chi connectivity index (χ1n) is 14.2. The molecule has 0 spiro atoms. The maximum absolute atomic E-state index is 6.35. The Balaban J connectivity index is 0.000000591. The summed E-state index contributed by atoms with van der Waals surface area (Å²) in [6.07, 6.45) is 12.4. The van der Waals surface area contributed by atoms with Gasteiger partial charge in [-0.25, -0.2) is 5.84 Å². The summed E-state index contributed by atoms with van der Waals surface area (Å²) in [6, 6.07) is 15.3. The van der Waals surface area contributed by atoms with E-state index in [1.807, 2.05) is 5.01 Å². The van der Waals surface area contributed by atoms with Gasteiger partial charge in [-0.2, -0.15) is 0 Å². The van der Waals surface area contributed by atoms with Crippen LogP contribution in [0.15, 0.2) is 67.0 Å². The molecule has 2 aromatic rings. The van der Waals surface area contributed by atoms with Gasteiger partial charge in [-0.1, -0.05) is 105 Å². The van der Waals surface area contributed by atoms with E-state index in [1.54, 1.807) is 6.20 Å². The van der Waals surface area contributed by atoms with E-state index in [1.165, 1.54) is 59.9 Å². The second kappa shape index (κ2) is 17.0. The van der Waals surface area contributed by atoms with E-state index in [4.69, 9.17) is 5.84 Å². The van der Waals surface area contributed by atoms with Crippen LogP contribution in [0.25, 0.3) is 0 Å². The molecule has 0 heterocycles. The summed E-state index contributed by atoms with van der Waals surface area (Å²) in [5.74, 6) is 7.45. The summed E-state index contributed by atoms with van der Waals surface area (Å²) in [4.78, 5) is 2.47. The number of hydrogen-bond acceptors (Lipinski definition) is 4. The Labute approximate surface area is 227 Å². The molecule has 204 valence electrons. The topological polar surface area (TPSA) is 44.5 Å². The molecule has 4 nitrogen and oxygen atoms in total. The van der Waals surface area contributed by atoms with Crippen molar-refractivity contribution in [1.29, 1.82) is 0 Å². The van der Waals surface area contributed by atoms with Gasteiger partial charge in [0.2, 0.25) is 0 Å². The standard InChI is InChI=1S/C26H38N4.C7H14/c1-6-28-15-17-29(19-25-13-10-21(2)11-14-25)16-7-8-24(5)30(27)20-26-18-22(3)9-12-23(26)4;1-2-7-5-3-4-6-7/h6,8-14,18,28H,1,7,15-17,19-20,27H2,2-5H3;7H,2-6H2,1H3/b24-8-;. The maximum atomic E-state index is 6.35. The number of nitrogens with zero attached hydrogens (tertiary/aromatic N) is 2. The SMILES string of the molecule is C=CNCCN(CC/C=C(/C)N(N)Cc1cc(C)ccc1C)Cc1ccc(C)cc1.CCC1CCCC1. The molecule has 1 aliphatic carbocycles. The predicted molar refractivity (Wildman–Crippen MR) is 161 cm³/mol. The molecule has 3 N–H and O–H groups in total. The van der Waals surface area contributed by atoms with Crippen LogP contribution in [0.2, 0.25) is 0 Å². The molecule has 0 aliphatic heterocycles. The van der Waals surface area contributed by atoms with Crippen molar-refractivity contribution in [1.82, 2.24) is 15.2 Å². The highest BCUT2D eigenvalue weighted by molar-refractivity contribution is 5.30. The van der Waals surface area contributed by atoms with Crippen LogP contribution >= 0.6 is 0 Å². The first-order valence-corrected chi connectivity index (χ1v) is 14.2. The molecular weight excluding hydrogens is 452 g/mol. The van der Waals surface area contributed by atoms with Crippen LogP contribution in [-0.2, 0) is 13.1 Å². The van der Waals surface area contributed by atoms with Crippen LogP contribution in [-0.4, -0.2) is 29.5 Å². The second-order valence-corrected chi connectivity index (χ2v) is 10.7. The van der Waals surface area contributed by atoms with Gasteiger partial charge in [-0.05, 0) is 62.9 Å². The summed E-state index contributed by atoms with van der Waals surface area (Å²) in [5, 5.41) is 5.06. The van der Waals surface area contributed by atoms with Crippen molar-refractivity contribution in [2.24, 2.45) is 11.8 Å². The van der Waals surface area contributed by atoms with Crippen LogP contribution in [0, 0.1) is 26.7 Å². The monoisotopic (exact) mass is 504 g/mol. The third kappa shape index (κ3) is 12.0. The van der Waals surface area contributed by atoms with Crippen molar-refractivity contribution in [3.63, 3.8) is 0 Å². The van der Waals surface area contributed by atoms with Gasteiger partial charge in [0.15, 0.2) is 0 Å². The highest BCUT2D eigenvalue weighted by atomic mass is 15.4. The number of hydrogen-bond donors (Lipinski definition) is 2. The number of hydrazine groups is 1. The van der Waals surface area contributed by atoms with Crippen LogP contribution in [0.3, 0.4) is 0 Å². The number of benzene rings is 2. The van der Waals surface area contributed by atoms with E-state index in [2.05, 4.69) is 100.0 Å². The molecule has 2 aromatic carbocycles. The van der Waals surface area contributed by atoms with Gasteiger partial charge < -0.3 is 10.3 Å². The quantitative estimate of drug-likeness (QED) is 0.169. The molecule has 0 unspecified atom stereocenters. The molecule has 3 rings (SSSR count). The number of aryl methyl sites for hydroxylation is 3. The molecule has 0 atom stereocenters. The number of nitrogens with two attached hydrogens (primary N) is 1. The average Bonchev–Trinajstić information content (AvgIpc) is 3.42. The van der Waals surface area contributed by atoms with Gasteiger partial charge in [0.25, 0.3) is 0 Å². The third-order valence-corrected chi connectivity index (χ3v) is 7.48. The van der Waals surface area contributed by atoms with Crippen molar-refractivity contribution >= 4 is 0 Å². The summed E-state index contributed by atoms with van der Waals surface area (Å²) in [7, 11) is 0. The van der Waals surface area contributed by atoms with E-state index in [0.717, 1.165) is 50.8 Å². The van der Waals surface area contributed by atoms with Gasteiger partial charge in [-0.15, -0.1) is 0 Å². The van der Waals surface area contributed by atoms with E-state index in [-0.39, 0.29) is 0 Å². The van der Waals surface area contributed by atoms with Gasteiger partial charge >= 0.3 is 0 Å². The molecule has 0 saturated heterocycles. The smallest absolute Gasteiger partial charge is 0.0591 e. The fourth-order valence-corrected chi connectivity index (χ4v) is 4.82. The highest BCUT2D eigenvalue weighted by Gasteiger charge is 2.11. The highest BCUT2D eigenvalue weighted by Crippen LogP contribution is 2.26. The lowest BCUT2D eigenvalue weighted by Gasteiger charge is -2.23. The summed E-state index contributed by atoms with van der Waals surface area (Å²) < 4.78 is 0. The van der Waals surface area contributed by atoms with Crippen LogP contribution in [0.5, 0.6) is 0 Å². The number of rotatable bonds is 13. The third-order valence-electron chi connectivity index (χ3n) is 7.48. The minimum Gasteiger partial charge on any atom is -0.390 e. The minimum absolute atomic E-state index is 0.728. The fraction of sp³-hybridized carbons (Fsp3) is 0.515. The molecule has 0 aromatic heterocycles. The molecular formula is C33H52N4. The molecule has 37 heavy (non-hydrogen) atoms. The zero-order valence-corrected chi connectivity index (χ0v) is 24.2. The Morgan fingerprint density at radius 2 is 1.68 bits per heavy atom. The zero-order valence-electron chi connectivity index (χ0n) is 24.2. The summed E-state index contributed by atoms with van der Waals surface area (Å²) >= 11 is 0. The van der Waals surface area contributed by atoms with Crippen molar-refractivity contribution in [2.75, 3.05) is 19.6 Å². The Bertz CT molecular complexity index is 941. The zero-order chi connectivity index (χ0) is 27.0. The lowest BCUT2D eigenvalue weighted by Crippen LogP contribution is -2.31. The fourth-order valence-electron chi connectivity index (χ4n) is 4.82. The summed E-state index contributed by atoms with van der Waals surface area (Å²) in [6.45, 7) is 19.1.